The molecular weight excluding hydrogens is 746 g/mol. The summed E-state index contributed by atoms with van der Waals surface area (Å²) in [6.07, 6.45) is -5.97. The Bertz CT molecular complexity index is 2370. The van der Waals surface area contributed by atoms with Gasteiger partial charge >= 0.3 is 12.5 Å². The molecule has 2 N–H and O–H groups in total. The smallest absolute Gasteiger partial charge is 0.449 e. The van der Waals surface area contributed by atoms with Gasteiger partial charge in [-0.1, -0.05) is 140 Å². The number of tetrazole rings is 1. The number of nitrogens with one attached hydrogen (secondary N) is 2. The normalized spacial score (nSPS) is 12.9. The Kier molecular flexibility index (Phi) is 10.4. The predicted molar refractivity (Wildman–Crippen MR) is 210 cm³/mol. The molecule has 8 rings (SSSR count). The number of carbonyl (C=O) groups is 2. The molecule has 0 saturated heterocycles. The third-order valence-corrected chi connectivity index (χ3v) is 10.0. The molecule has 1 atom stereocenters. The van der Waals surface area contributed by atoms with Gasteiger partial charge in [0.15, 0.2) is 11.4 Å². The summed E-state index contributed by atoms with van der Waals surface area (Å²) in [6.45, 7) is -0.00293. The summed E-state index contributed by atoms with van der Waals surface area (Å²) in [5.41, 5.74) is 5.76. The number of hydrogen-bond acceptors (Lipinski definition) is 7. The molecule has 1 aliphatic carbocycles. The first-order valence-electron chi connectivity index (χ1n) is 18.4. The van der Waals surface area contributed by atoms with E-state index in [1.807, 2.05) is 140 Å². The summed E-state index contributed by atoms with van der Waals surface area (Å²) in [5, 5.41) is 19.1. The van der Waals surface area contributed by atoms with E-state index in [1.165, 1.54) is 16.9 Å². The van der Waals surface area contributed by atoms with E-state index < -0.39 is 35.7 Å². The Morgan fingerprint density at radius 1 is 0.672 bits per heavy atom. The van der Waals surface area contributed by atoms with Crippen LogP contribution in [0.5, 0.6) is 5.75 Å². The number of hydrogen-bond donors (Lipinski definition) is 2. The number of halogens is 3. The standard InChI is InChI=1S/C45H35F3N6O4/c46-45(47,48)58-34-26-24-33(25-27-34)49-42(55)40(50-43(56)57-29-39-37-22-12-10-20-35(37)36-21-11-13-23-38(36)39)28-41-51-53-54(52-41)44(30-14-4-1-5-15-30,31-16-6-2-7-17-31)32-18-8-3-9-19-32/h1-27,39-40H,28-29H2,(H,49,55)(H,50,56)/t40-/m0/s1. The summed E-state index contributed by atoms with van der Waals surface area (Å²) in [5.74, 6) is -1.26. The van der Waals surface area contributed by atoms with Crippen molar-refractivity contribution in [1.82, 2.24) is 25.5 Å². The fourth-order valence-corrected chi connectivity index (χ4v) is 7.50. The lowest BCUT2D eigenvalue weighted by molar-refractivity contribution is -0.274. The largest absolute Gasteiger partial charge is 0.573 e. The molecular formula is C45H35F3N6O4. The number of benzene rings is 6. The van der Waals surface area contributed by atoms with Gasteiger partial charge in [0, 0.05) is 18.0 Å². The van der Waals surface area contributed by atoms with Gasteiger partial charge < -0.3 is 20.1 Å². The summed E-state index contributed by atoms with van der Waals surface area (Å²) < 4.78 is 48.1. The minimum Gasteiger partial charge on any atom is -0.449 e. The van der Waals surface area contributed by atoms with Crippen LogP contribution >= 0.6 is 0 Å². The van der Waals surface area contributed by atoms with Crippen molar-refractivity contribution in [2.24, 2.45) is 0 Å². The fourth-order valence-electron chi connectivity index (χ4n) is 7.50. The van der Waals surface area contributed by atoms with Crippen LogP contribution in [0.1, 0.15) is 39.6 Å². The molecule has 290 valence electrons. The Morgan fingerprint density at radius 2 is 1.17 bits per heavy atom. The number of rotatable bonds is 12. The summed E-state index contributed by atoms with van der Waals surface area (Å²) in [6, 6.07) is 48.3. The van der Waals surface area contributed by atoms with Gasteiger partial charge in [-0.2, -0.15) is 0 Å². The molecule has 6 aromatic carbocycles. The molecule has 0 radical (unpaired) electrons. The van der Waals surface area contributed by atoms with E-state index in [9.17, 15) is 22.8 Å². The van der Waals surface area contributed by atoms with Crippen LogP contribution in [0.2, 0.25) is 0 Å². The van der Waals surface area contributed by atoms with E-state index in [4.69, 9.17) is 9.84 Å². The number of anilines is 1. The van der Waals surface area contributed by atoms with Gasteiger partial charge in [-0.05, 0) is 68.4 Å². The highest BCUT2D eigenvalue weighted by molar-refractivity contribution is 5.96. The van der Waals surface area contributed by atoms with Gasteiger partial charge in [-0.3, -0.25) is 4.79 Å². The van der Waals surface area contributed by atoms with Gasteiger partial charge in [0.2, 0.25) is 5.91 Å². The number of amides is 2. The molecule has 2 amide bonds. The molecule has 0 unspecified atom stereocenters. The number of alkyl halides is 3. The number of carbonyl (C=O) groups excluding carboxylic acids is 2. The summed E-state index contributed by atoms with van der Waals surface area (Å²) in [4.78, 5) is 29.0. The van der Waals surface area contributed by atoms with Gasteiger partial charge in [0.1, 0.15) is 18.4 Å². The first-order chi connectivity index (χ1) is 28.2. The first kappa shape index (κ1) is 37.6. The number of fused-ring (bicyclic) bond motifs is 3. The second kappa shape index (κ2) is 16.1. The van der Waals surface area contributed by atoms with Crippen molar-refractivity contribution in [2.45, 2.75) is 30.3 Å². The molecule has 58 heavy (non-hydrogen) atoms. The SMILES string of the molecule is O=C(N[C@@H](Cc1nnn(C(c2ccccc2)(c2ccccc2)c2ccccc2)n1)C(=O)Nc1ccc(OC(F)(F)F)cc1)OCC1c2ccccc2-c2ccccc21. The monoisotopic (exact) mass is 780 g/mol. The molecule has 10 nitrogen and oxygen atoms in total. The fraction of sp³-hybridized carbons (Fsp3) is 0.133. The van der Waals surface area contributed by atoms with Crippen LogP contribution in [-0.4, -0.2) is 51.2 Å². The van der Waals surface area contributed by atoms with Gasteiger partial charge in [-0.15, -0.1) is 28.2 Å². The molecule has 0 fully saturated rings. The van der Waals surface area contributed by atoms with Gasteiger partial charge in [0.05, 0.1) is 0 Å². The summed E-state index contributed by atoms with van der Waals surface area (Å²) >= 11 is 0. The average molecular weight is 781 g/mol. The molecule has 7 aromatic rings. The van der Waals surface area contributed by atoms with Crippen molar-refractivity contribution in [2.75, 3.05) is 11.9 Å². The Hall–Kier alpha value is -7.28. The lowest BCUT2D eigenvalue weighted by Gasteiger charge is -2.34. The quantitative estimate of drug-likeness (QED) is 0.119. The lowest BCUT2D eigenvalue weighted by atomic mass is 9.77. The summed E-state index contributed by atoms with van der Waals surface area (Å²) in [7, 11) is 0. The van der Waals surface area contributed by atoms with E-state index in [0.29, 0.717) is 0 Å². The highest BCUT2D eigenvalue weighted by atomic mass is 19.4. The topological polar surface area (TPSA) is 120 Å². The van der Waals surface area contributed by atoms with Crippen molar-refractivity contribution in [3.63, 3.8) is 0 Å². The minimum atomic E-state index is -4.88. The molecule has 0 spiro atoms. The van der Waals surface area contributed by atoms with Crippen LogP contribution < -0.4 is 15.4 Å². The third kappa shape index (κ3) is 7.74. The predicted octanol–water partition coefficient (Wildman–Crippen LogP) is 8.50. The maximum atomic E-state index is 13.9. The van der Waals surface area contributed by atoms with Crippen LogP contribution in [0.4, 0.5) is 23.7 Å². The lowest BCUT2D eigenvalue weighted by Crippen LogP contribution is -2.46. The van der Waals surface area contributed by atoms with E-state index in [0.717, 1.165) is 51.1 Å². The van der Waals surface area contributed by atoms with Crippen molar-refractivity contribution >= 4 is 17.7 Å². The maximum absolute atomic E-state index is 13.9. The zero-order valence-electron chi connectivity index (χ0n) is 30.7. The number of aromatic nitrogens is 4. The van der Waals surface area contributed by atoms with Gasteiger partial charge in [0.25, 0.3) is 0 Å². The van der Waals surface area contributed by atoms with Crippen LogP contribution in [0.15, 0.2) is 164 Å². The first-order valence-corrected chi connectivity index (χ1v) is 18.4. The molecule has 1 aliphatic rings. The van der Waals surface area contributed by atoms with Crippen molar-refractivity contribution < 1.29 is 32.2 Å². The number of alkyl carbamates (subject to hydrolysis) is 1. The van der Waals surface area contributed by atoms with E-state index in [2.05, 4.69) is 25.7 Å². The maximum Gasteiger partial charge on any atom is 0.573 e. The van der Waals surface area contributed by atoms with Crippen LogP contribution in [0.25, 0.3) is 11.1 Å². The third-order valence-electron chi connectivity index (χ3n) is 10.0. The van der Waals surface area contributed by atoms with Crippen LogP contribution in [0, 0.1) is 0 Å². The van der Waals surface area contributed by atoms with E-state index in [-0.39, 0.29) is 30.5 Å². The number of ether oxygens (including phenoxy) is 2. The van der Waals surface area contributed by atoms with Crippen molar-refractivity contribution in [3.8, 4) is 16.9 Å². The highest BCUT2D eigenvalue weighted by Crippen LogP contribution is 2.44. The van der Waals surface area contributed by atoms with Crippen molar-refractivity contribution in [1.29, 1.82) is 0 Å². The van der Waals surface area contributed by atoms with Crippen LogP contribution in [0.3, 0.4) is 0 Å². The van der Waals surface area contributed by atoms with E-state index in [1.54, 1.807) is 0 Å². The molecule has 0 aliphatic heterocycles. The molecule has 1 aromatic heterocycles. The van der Waals surface area contributed by atoms with E-state index >= 15 is 0 Å². The second-order valence-electron chi connectivity index (χ2n) is 13.6. The average Bonchev–Trinajstić information content (AvgIpc) is 3.84. The zero-order chi connectivity index (χ0) is 40.1. The molecule has 1 heterocycles. The molecule has 13 heteroatoms. The highest BCUT2D eigenvalue weighted by Gasteiger charge is 2.41. The molecule has 0 saturated carbocycles. The Labute approximate surface area is 331 Å². The Balaban J connectivity index is 1.09. The number of nitrogens with zero attached hydrogens (tertiary/aromatic N) is 4. The molecule has 0 bridgehead atoms. The zero-order valence-corrected chi connectivity index (χ0v) is 30.7. The Morgan fingerprint density at radius 3 is 1.69 bits per heavy atom. The minimum absolute atomic E-state index is 0.00293. The second-order valence-corrected chi connectivity index (χ2v) is 13.6. The van der Waals surface area contributed by atoms with Crippen LogP contribution in [-0.2, 0) is 21.5 Å². The van der Waals surface area contributed by atoms with Gasteiger partial charge in [-0.25, -0.2) is 4.79 Å². The van der Waals surface area contributed by atoms with Crippen molar-refractivity contribution in [3.05, 3.63) is 197 Å².